The molecule has 0 amide bonds. The lowest BCUT2D eigenvalue weighted by atomic mass is 10.1. The van der Waals surface area contributed by atoms with E-state index in [1.54, 1.807) is 6.33 Å². The summed E-state index contributed by atoms with van der Waals surface area (Å²) in [7, 11) is 0. The number of hydrogen-bond donors (Lipinski definition) is 0. The minimum absolute atomic E-state index is 0.276. The van der Waals surface area contributed by atoms with Gasteiger partial charge in [-0.25, -0.2) is 14.8 Å². The smallest absolute Gasteiger partial charge is 0.348 e. The average Bonchev–Trinajstić information content (AvgIpc) is 3.07. The molecule has 0 atom stereocenters. The van der Waals surface area contributed by atoms with Crippen LogP contribution in [0.2, 0.25) is 0 Å². The Kier molecular flexibility index (Phi) is 5.54. The molecular formula is C21H24N4O2S. The number of hydrogen-bond acceptors (Lipinski definition) is 7. The van der Waals surface area contributed by atoms with Crippen molar-refractivity contribution in [2.24, 2.45) is 0 Å². The van der Waals surface area contributed by atoms with Gasteiger partial charge in [0.15, 0.2) is 0 Å². The molecule has 3 heterocycles. The highest BCUT2D eigenvalue weighted by Crippen LogP contribution is 2.35. The third kappa shape index (κ3) is 3.72. The second-order valence-electron chi connectivity index (χ2n) is 6.90. The highest BCUT2D eigenvalue weighted by atomic mass is 32.1. The van der Waals surface area contributed by atoms with E-state index in [0.29, 0.717) is 11.5 Å². The summed E-state index contributed by atoms with van der Waals surface area (Å²) in [4.78, 5) is 27.5. The Morgan fingerprint density at radius 2 is 1.89 bits per heavy atom. The highest BCUT2D eigenvalue weighted by molar-refractivity contribution is 7.20. The van der Waals surface area contributed by atoms with Gasteiger partial charge in [-0.3, -0.25) is 4.90 Å². The van der Waals surface area contributed by atoms with Crippen molar-refractivity contribution in [1.29, 1.82) is 0 Å². The molecule has 1 fully saturated rings. The van der Waals surface area contributed by atoms with Gasteiger partial charge in [-0.15, -0.1) is 11.3 Å². The van der Waals surface area contributed by atoms with Crippen LogP contribution in [0, 0.1) is 6.92 Å². The van der Waals surface area contributed by atoms with Gasteiger partial charge in [-0.05, 0) is 25.0 Å². The van der Waals surface area contributed by atoms with E-state index >= 15 is 0 Å². The Morgan fingerprint density at radius 3 is 2.61 bits per heavy atom. The monoisotopic (exact) mass is 396 g/mol. The molecule has 0 unspecified atom stereocenters. The van der Waals surface area contributed by atoms with E-state index in [2.05, 4.69) is 50.1 Å². The summed E-state index contributed by atoms with van der Waals surface area (Å²) in [5, 5.41) is 0.979. The summed E-state index contributed by atoms with van der Waals surface area (Å²) in [5.41, 5.74) is 2.26. The molecule has 2 aromatic heterocycles. The first-order chi connectivity index (χ1) is 13.7. The van der Waals surface area contributed by atoms with Crippen molar-refractivity contribution in [3.63, 3.8) is 0 Å². The number of anilines is 1. The molecule has 1 aromatic carbocycles. The summed E-state index contributed by atoms with van der Waals surface area (Å²) >= 11 is 1.39. The molecule has 1 saturated heterocycles. The number of benzene rings is 1. The van der Waals surface area contributed by atoms with Crippen molar-refractivity contribution in [1.82, 2.24) is 14.9 Å². The molecular weight excluding hydrogens is 372 g/mol. The molecule has 6 nitrogen and oxygen atoms in total. The minimum Gasteiger partial charge on any atom is -0.462 e. The van der Waals surface area contributed by atoms with Crippen LogP contribution in [0.15, 0.2) is 36.7 Å². The number of nitrogens with zero attached hydrogens (tertiary/aromatic N) is 4. The van der Waals surface area contributed by atoms with Gasteiger partial charge in [0.25, 0.3) is 0 Å². The van der Waals surface area contributed by atoms with Crippen LogP contribution in [0.3, 0.4) is 0 Å². The number of esters is 1. The number of aryl methyl sites for hydroxylation is 1. The number of carbonyl (C=O) groups excluding carboxylic acids is 1. The predicted molar refractivity (Wildman–Crippen MR) is 112 cm³/mol. The van der Waals surface area contributed by atoms with E-state index in [-0.39, 0.29) is 5.97 Å². The zero-order chi connectivity index (χ0) is 19.5. The van der Waals surface area contributed by atoms with E-state index in [9.17, 15) is 4.79 Å². The molecule has 0 N–H and O–H groups in total. The molecule has 0 bridgehead atoms. The van der Waals surface area contributed by atoms with Gasteiger partial charge in [-0.1, -0.05) is 30.3 Å². The number of aromatic nitrogens is 2. The zero-order valence-electron chi connectivity index (χ0n) is 16.2. The Morgan fingerprint density at radius 1 is 1.14 bits per heavy atom. The Bertz CT molecular complexity index is 965. The van der Waals surface area contributed by atoms with E-state index < -0.39 is 0 Å². The molecule has 1 aliphatic heterocycles. The fraction of sp³-hybridized carbons (Fsp3) is 0.381. The summed E-state index contributed by atoms with van der Waals surface area (Å²) in [6.45, 7) is 8.89. The third-order valence-electron chi connectivity index (χ3n) is 5.09. The lowest BCUT2D eigenvalue weighted by molar-refractivity contribution is 0.0531. The van der Waals surface area contributed by atoms with Gasteiger partial charge in [-0.2, -0.15) is 0 Å². The third-order valence-corrected chi connectivity index (χ3v) is 6.27. The van der Waals surface area contributed by atoms with Crippen LogP contribution >= 0.6 is 11.3 Å². The van der Waals surface area contributed by atoms with E-state index in [1.807, 2.05) is 13.8 Å². The highest BCUT2D eigenvalue weighted by Gasteiger charge is 2.25. The van der Waals surface area contributed by atoms with Crippen LogP contribution in [0.4, 0.5) is 5.82 Å². The van der Waals surface area contributed by atoms with Crippen LogP contribution in [-0.2, 0) is 11.3 Å². The van der Waals surface area contributed by atoms with Gasteiger partial charge in [0.2, 0.25) is 0 Å². The minimum atomic E-state index is -0.276. The lowest BCUT2D eigenvalue weighted by Crippen LogP contribution is -2.46. The van der Waals surface area contributed by atoms with Crippen molar-refractivity contribution in [2.75, 3.05) is 37.7 Å². The summed E-state index contributed by atoms with van der Waals surface area (Å²) in [6, 6.07) is 10.6. The molecule has 0 saturated carbocycles. The molecule has 0 spiro atoms. The second-order valence-corrected chi connectivity index (χ2v) is 7.90. The van der Waals surface area contributed by atoms with Crippen LogP contribution in [-0.4, -0.2) is 53.6 Å². The van der Waals surface area contributed by atoms with Crippen LogP contribution < -0.4 is 4.90 Å². The number of rotatable bonds is 5. The maximum atomic E-state index is 12.3. The fourth-order valence-electron chi connectivity index (χ4n) is 3.64. The molecule has 4 rings (SSSR count). The topological polar surface area (TPSA) is 58.6 Å². The normalized spacial score (nSPS) is 15.1. The van der Waals surface area contributed by atoms with Crippen molar-refractivity contribution >= 4 is 33.3 Å². The Labute approximate surface area is 168 Å². The number of fused-ring (bicyclic) bond motifs is 1. The zero-order valence-corrected chi connectivity index (χ0v) is 17.0. The summed E-state index contributed by atoms with van der Waals surface area (Å²) in [6.07, 6.45) is 1.60. The second kappa shape index (κ2) is 8.24. The standard InChI is InChI=1S/C21H24N4O2S/c1-3-27-21(26)18-15(2)17-19(22-14-23-20(17)28-18)25-11-9-24(10-12-25)13-16-7-5-4-6-8-16/h4-8,14H,3,9-13H2,1-2H3. The molecule has 0 radical (unpaired) electrons. The predicted octanol–water partition coefficient (Wildman–Crippen LogP) is 3.50. The molecule has 7 heteroatoms. The Balaban J connectivity index is 1.53. The first-order valence-electron chi connectivity index (χ1n) is 9.59. The van der Waals surface area contributed by atoms with E-state index in [4.69, 9.17) is 4.74 Å². The Hall–Kier alpha value is -2.51. The van der Waals surface area contributed by atoms with Gasteiger partial charge in [0, 0.05) is 32.7 Å². The van der Waals surface area contributed by atoms with Gasteiger partial charge in [0.05, 0.1) is 12.0 Å². The van der Waals surface area contributed by atoms with Gasteiger partial charge < -0.3 is 9.64 Å². The number of thiophene rings is 1. The van der Waals surface area contributed by atoms with Crippen molar-refractivity contribution < 1.29 is 9.53 Å². The summed E-state index contributed by atoms with van der Waals surface area (Å²) in [5.74, 6) is 0.648. The first kappa shape index (κ1) is 18.8. The molecule has 0 aliphatic carbocycles. The van der Waals surface area contributed by atoms with Crippen LogP contribution in [0.5, 0.6) is 0 Å². The lowest BCUT2D eigenvalue weighted by Gasteiger charge is -2.35. The number of ether oxygens (including phenoxy) is 1. The van der Waals surface area contributed by atoms with Crippen molar-refractivity contribution in [3.05, 3.63) is 52.7 Å². The maximum Gasteiger partial charge on any atom is 0.348 e. The largest absolute Gasteiger partial charge is 0.462 e. The average molecular weight is 397 g/mol. The van der Waals surface area contributed by atoms with Crippen LogP contribution in [0.25, 0.3) is 10.2 Å². The fourth-order valence-corrected chi connectivity index (χ4v) is 4.68. The quantitative estimate of drug-likeness (QED) is 0.615. The van der Waals surface area contributed by atoms with Crippen molar-refractivity contribution in [3.8, 4) is 0 Å². The van der Waals surface area contributed by atoms with Crippen LogP contribution in [0.1, 0.15) is 27.7 Å². The first-order valence-corrected chi connectivity index (χ1v) is 10.4. The maximum absolute atomic E-state index is 12.3. The molecule has 1 aliphatic rings. The molecule has 3 aromatic rings. The van der Waals surface area contributed by atoms with E-state index in [0.717, 1.165) is 54.3 Å². The number of carbonyl (C=O) groups is 1. The SMILES string of the molecule is CCOC(=O)c1sc2ncnc(N3CCN(Cc4ccccc4)CC3)c2c1C. The summed E-state index contributed by atoms with van der Waals surface area (Å²) < 4.78 is 5.20. The van der Waals surface area contributed by atoms with Gasteiger partial charge in [0.1, 0.15) is 21.9 Å². The molecule has 146 valence electrons. The van der Waals surface area contributed by atoms with E-state index in [1.165, 1.54) is 16.9 Å². The van der Waals surface area contributed by atoms with Crippen molar-refractivity contribution in [2.45, 2.75) is 20.4 Å². The molecule has 28 heavy (non-hydrogen) atoms. The van der Waals surface area contributed by atoms with Gasteiger partial charge >= 0.3 is 5.97 Å². The number of piperazine rings is 1.